The van der Waals surface area contributed by atoms with Crippen LogP contribution in [-0.2, 0) is 9.63 Å². The molecule has 0 fully saturated rings. The summed E-state index contributed by atoms with van der Waals surface area (Å²) in [7, 11) is 0. The number of ether oxygens (including phenoxy) is 1. The minimum absolute atomic E-state index is 0.0239. The molecular weight excluding hydrogens is 318 g/mol. The summed E-state index contributed by atoms with van der Waals surface area (Å²) < 4.78 is 28.9. The molecule has 126 valence electrons. The van der Waals surface area contributed by atoms with Crippen LogP contribution in [-0.4, -0.2) is 25.3 Å². The van der Waals surface area contributed by atoms with Gasteiger partial charge in [-0.3, -0.25) is 4.79 Å². The van der Waals surface area contributed by atoms with Gasteiger partial charge in [-0.05, 0) is 30.7 Å². The smallest absolute Gasteiger partial charge is 0.387 e. The number of carbonyl (C=O) groups excluding carboxylic acids is 1. The first-order chi connectivity index (χ1) is 11.6. The summed E-state index contributed by atoms with van der Waals surface area (Å²) in [4.78, 5) is 16.6. The fourth-order valence-electron chi connectivity index (χ4n) is 1.88. The fourth-order valence-corrected chi connectivity index (χ4v) is 1.88. The van der Waals surface area contributed by atoms with E-state index in [2.05, 4.69) is 15.2 Å². The maximum atomic E-state index is 12.3. The zero-order chi connectivity index (χ0) is 17.4. The van der Waals surface area contributed by atoms with Gasteiger partial charge in [-0.15, -0.1) is 0 Å². The molecule has 2 aromatic carbocycles. The molecule has 0 atom stereocenters. The Kier molecular flexibility index (Phi) is 6.24. The normalized spacial score (nSPS) is 10.8. The van der Waals surface area contributed by atoms with E-state index in [1.54, 1.807) is 18.2 Å². The monoisotopic (exact) mass is 334 g/mol. The number of rotatable bonds is 7. The quantitative estimate of drug-likeness (QED) is 0.622. The number of nitrogens with zero attached hydrogens (tertiary/aromatic N) is 1. The van der Waals surface area contributed by atoms with Crippen molar-refractivity contribution >= 4 is 17.8 Å². The summed E-state index contributed by atoms with van der Waals surface area (Å²) >= 11 is 0. The number of oxime groups is 1. The van der Waals surface area contributed by atoms with Crippen molar-refractivity contribution in [1.29, 1.82) is 0 Å². The number of hydrogen-bond donors (Lipinski definition) is 1. The second-order valence-electron chi connectivity index (χ2n) is 4.79. The Morgan fingerprint density at radius 1 is 1.21 bits per heavy atom. The Balaban J connectivity index is 1.87. The van der Waals surface area contributed by atoms with E-state index in [9.17, 15) is 13.6 Å². The van der Waals surface area contributed by atoms with Gasteiger partial charge in [0, 0.05) is 11.3 Å². The minimum atomic E-state index is -2.93. The van der Waals surface area contributed by atoms with E-state index in [1.807, 2.05) is 25.1 Å². The average molecular weight is 334 g/mol. The van der Waals surface area contributed by atoms with E-state index >= 15 is 0 Å². The lowest BCUT2D eigenvalue weighted by Gasteiger charge is -2.07. The lowest BCUT2D eigenvalue weighted by molar-refractivity contribution is -0.120. The molecule has 0 aliphatic heterocycles. The van der Waals surface area contributed by atoms with Crippen LogP contribution >= 0.6 is 0 Å². The number of amides is 1. The minimum Gasteiger partial charge on any atom is -0.434 e. The van der Waals surface area contributed by atoms with Crippen LogP contribution in [0.2, 0.25) is 0 Å². The molecule has 0 aliphatic carbocycles. The highest BCUT2D eigenvalue weighted by Crippen LogP contribution is 2.18. The summed E-state index contributed by atoms with van der Waals surface area (Å²) in [5, 5.41) is 6.29. The number of alkyl halides is 2. The van der Waals surface area contributed by atoms with Gasteiger partial charge in [0.1, 0.15) is 5.75 Å². The Labute approximate surface area is 137 Å². The first-order valence-electron chi connectivity index (χ1n) is 7.11. The molecule has 0 saturated heterocycles. The summed E-state index contributed by atoms with van der Waals surface area (Å²) in [6, 6.07) is 13.4. The van der Waals surface area contributed by atoms with E-state index in [0.717, 1.165) is 5.56 Å². The van der Waals surface area contributed by atoms with E-state index in [0.29, 0.717) is 11.3 Å². The molecule has 5 nitrogen and oxygen atoms in total. The third-order valence-electron chi connectivity index (χ3n) is 3.02. The van der Waals surface area contributed by atoms with Crippen LogP contribution in [0.4, 0.5) is 14.5 Å². The molecule has 24 heavy (non-hydrogen) atoms. The van der Waals surface area contributed by atoms with Crippen molar-refractivity contribution in [3.8, 4) is 5.75 Å². The van der Waals surface area contributed by atoms with Crippen molar-refractivity contribution < 1.29 is 23.1 Å². The van der Waals surface area contributed by atoms with E-state index in [-0.39, 0.29) is 18.3 Å². The first-order valence-corrected chi connectivity index (χ1v) is 7.11. The third kappa shape index (κ3) is 5.35. The van der Waals surface area contributed by atoms with Crippen LogP contribution in [0, 0.1) is 6.92 Å². The Morgan fingerprint density at radius 3 is 2.67 bits per heavy atom. The van der Waals surface area contributed by atoms with Gasteiger partial charge in [-0.1, -0.05) is 35.5 Å². The molecule has 1 amide bonds. The molecule has 0 heterocycles. The van der Waals surface area contributed by atoms with Crippen LogP contribution in [0.5, 0.6) is 5.75 Å². The number of nitrogens with one attached hydrogen (secondary N) is 1. The van der Waals surface area contributed by atoms with E-state index in [4.69, 9.17) is 4.84 Å². The number of carbonyl (C=O) groups is 1. The first kappa shape index (κ1) is 17.4. The van der Waals surface area contributed by atoms with E-state index in [1.165, 1.54) is 18.3 Å². The number of para-hydroxylation sites is 2. The van der Waals surface area contributed by atoms with Crippen LogP contribution in [0.25, 0.3) is 0 Å². The second kappa shape index (κ2) is 8.61. The van der Waals surface area contributed by atoms with Crippen molar-refractivity contribution in [3.05, 3.63) is 59.7 Å². The molecule has 0 aromatic heterocycles. The van der Waals surface area contributed by atoms with Crippen LogP contribution < -0.4 is 10.1 Å². The standard InChI is InChI=1S/C17H16F2N2O3/c1-12-6-2-4-8-14(12)21-16(22)11-23-20-10-13-7-3-5-9-15(13)24-17(18)19/h2-10,17H,11H2,1H3,(H,21,22)/b20-10+. The lowest BCUT2D eigenvalue weighted by atomic mass is 10.2. The zero-order valence-electron chi connectivity index (χ0n) is 12.9. The van der Waals surface area contributed by atoms with E-state index < -0.39 is 6.61 Å². The number of aryl methyl sites for hydroxylation is 1. The number of anilines is 1. The largest absolute Gasteiger partial charge is 0.434 e. The van der Waals surface area contributed by atoms with Crippen LogP contribution in [0.3, 0.4) is 0 Å². The van der Waals surface area contributed by atoms with Crippen molar-refractivity contribution in [2.24, 2.45) is 5.16 Å². The molecule has 0 spiro atoms. The number of hydrogen-bond acceptors (Lipinski definition) is 4. The van der Waals surface area contributed by atoms with Crippen molar-refractivity contribution in [1.82, 2.24) is 0 Å². The van der Waals surface area contributed by atoms with Crippen molar-refractivity contribution in [3.63, 3.8) is 0 Å². The van der Waals surface area contributed by atoms with Crippen molar-refractivity contribution in [2.75, 3.05) is 11.9 Å². The average Bonchev–Trinajstić information content (AvgIpc) is 2.55. The zero-order valence-corrected chi connectivity index (χ0v) is 12.9. The van der Waals surface area contributed by atoms with Gasteiger partial charge < -0.3 is 14.9 Å². The number of benzene rings is 2. The molecule has 1 N–H and O–H groups in total. The highest BCUT2D eigenvalue weighted by atomic mass is 19.3. The van der Waals surface area contributed by atoms with Gasteiger partial charge in [0.25, 0.3) is 5.91 Å². The maximum Gasteiger partial charge on any atom is 0.387 e. The van der Waals surface area contributed by atoms with Crippen LogP contribution in [0.15, 0.2) is 53.7 Å². The molecule has 0 radical (unpaired) electrons. The number of halogens is 2. The molecule has 2 aromatic rings. The summed E-state index contributed by atoms with van der Waals surface area (Å²) in [6.45, 7) is -1.36. The SMILES string of the molecule is Cc1ccccc1NC(=O)CO/N=C/c1ccccc1OC(F)F. The van der Waals surface area contributed by atoms with Gasteiger partial charge in [-0.2, -0.15) is 8.78 Å². The Bertz CT molecular complexity index is 720. The Morgan fingerprint density at radius 2 is 1.92 bits per heavy atom. The molecule has 0 bridgehead atoms. The molecule has 0 saturated carbocycles. The van der Waals surface area contributed by atoms with Crippen molar-refractivity contribution in [2.45, 2.75) is 13.5 Å². The van der Waals surface area contributed by atoms with Crippen LogP contribution in [0.1, 0.15) is 11.1 Å². The Hall–Kier alpha value is -2.96. The van der Waals surface area contributed by atoms with Gasteiger partial charge in [0.15, 0.2) is 6.61 Å². The fraction of sp³-hybridized carbons (Fsp3) is 0.176. The maximum absolute atomic E-state index is 12.3. The summed E-state index contributed by atoms with van der Waals surface area (Å²) in [5.41, 5.74) is 1.93. The predicted molar refractivity (Wildman–Crippen MR) is 86.4 cm³/mol. The molecule has 2 rings (SSSR count). The summed E-state index contributed by atoms with van der Waals surface area (Å²) in [5.74, 6) is -0.400. The predicted octanol–water partition coefficient (Wildman–Crippen LogP) is 3.59. The topological polar surface area (TPSA) is 59.9 Å². The third-order valence-corrected chi connectivity index (χ3v) is 3.02. The molecule has 0 unspecified atom stereocenters. The molecule has 0 aliphatic rings. The van der Waals surface area contributed by atoms with Gasteiger partial charge in [0.05, 0.1) is 6.21 Å². The highest BCUT2D eigenvalue weighted by Gasteiger charge is 2.08. The lowest BCUT2D eigenvalue weighted by Crippen LogP contribution is -2.17. The summed E-state index contributed by atoms with van der Waals surface area (Å²) in [6.07, 6.45) is 1.21. The molecule has 7 heteroatoms. The van der Waals surface area contributed by atoms with Gasteiger partial charge in [-0.25, -0.2) is 0 Å². The second-order valence-corrected chi connectivity index (χ2v) is 4.79. The van der Waals surface area contributed by atoms with Gasteiger partial charge >= 0.3 is 6.61 Å². The molecular formula is C17H16F2N2O3. The van der Waals surface area contributed by atoms with Gasteiger partial charge in [0.2, 0.25) is 0 Å². The highest BCUT2D eigenvalue weighted by molar-refractivity contribution is 5.92.